The largest absolute Gasteiger partial charge is 0.282 e. The second-order valence-electron chi connectivity index (χ2n) is 7.28. The average molecular weight is 383 g/mol. The van der Waals surface area contributed by atoms with Crippen LogP contribution in [0.25, 0.3) is 0 Å². The van der Waals surface area contributed by atoms with Gasteiger partial charge in [0, 0.05) is 23.5 Å². The predicted octanol–water partition coefficient (Wildman–Crippen LogP) is 3.22. The molecule has 1 aromatic carbocycles. The van der Waals surface area contributed by atoms with Crippen LogP contribution in [-0.4, -0.2) is 39.8 Å². The first kappa shape index (κ1) is 16.6. The molecule has 27 heavy (non-hydrogen) atoms. The van der Waals surface area contributed by atoms with Crippen LogP contribution in [-0.2, 0) is 6.42 Å². The van der Waals surface area contributed by atoms with Crippen LogP contribution in [0.5, 0.6) is 0 Å². The number of amides is 2. The van der Waals surface area contributed by atoms with E-state index in [-0.39, 0.29) is 29.5 Å². The number of nitro groups is 1. The summed E-state index contributed by atoms with van der Waals surface area (Å²) in [5.74, 6) is -0.444. The van der Waals surface area contributed by atoms with E-state index in [1.165, 1.54) is 33.5 Å². The van der Waals surface area contributed by atoms with Gasteiger partial charge < -0.3 is 0 Å². The zero-order valence-corrected chi connectivity index (χ0v) is 15.3. The monoisotopic (exact) mass is 383 g/mol. The van der Waals surface area contributed by atoms with Gasteiger partial charge in [-0.15, -0.1) is 11.3 Å². The van der Waals surface area contributed by atoms with Crippen LogP contribution in [0, 0.1) is 16.0 Å². The molecule has 0 saturated heterocycles. The molecule has 1 atom stereocenters. The van der Waals surface area contributed by atoms with Crippen LogP contribution in [0.1, 0.15) is 50.0 Å². The van der Waals surface area contributed by atoms with Gasteiger partial charge in [0.15, 0.2) is 0 Å². The molecular formula is C19H17N3O4S. The number of fused-ring (bicyclic) bond motifs is 2. The number of benzene rings is 1. The summed E-state index contributed by atoms with van der Waals surface area (Å²) in [5.41, 5.74) is 1.07. The van der Waals surface area contributed by atoms with Crippen LogP contribution >= 0.6 is 11.3 Å². The molecule has 3 aliphatic rings. The van der Waals surface area contributed by atoms with Crippen molar-refractivity contribution in [3.05, 3.63) is 61.3 Å². The number of imide groups is 1. The van der Waals surface area contributed by atoms with Gasteiger partial charge in [-0.25, -0.2) is 0 Å². The number of rotatable bonds is 4. The second-order valence-corrected chi connectivity index (χ2v) is 8.28. The standard InChI is InChI=1S/C19H17N3O4S/c23-18-13-2-1-3-14(22(25)26)16(13)19(24)21(18)10-20-8-6-15-12(7-9-27-15)17(20)11-4-5-11/h1-3,7,9,11,17H,4-6,8,10H2/t17-/m0/s1. The van der Waals surface area contributed by atoms with E-state index in [4.69, 9.17) is 0 Å². The molecule has 2 aliphatic heterocycles. The van der Waals surface area contributed by atoms with Gasteiger partial charge in [0.2, 0.25) is 0 Å². The Bertz CT molecular complexity index is 981. The van der Waals surface area contributed by atoms with Crippen LogP contribution in [0.3, 0.4) is 0 Å². The van der Waals surface area contributed by atoms with Gasteiger partial charge in [0.25, 0.3) is 17.5 Å². The molecule has 0 spiro atoms. The number of nitro benzene ring substituents is 1. The highest BCUT2D eigenvalue weighted by Crippen LogP contribution is 2.48. The van der Waals surface area contributed by atoms with Crippen LogP contribution in [0.15, 0.2) is 29.6 Å². The van der Waals surface area contributed by atoms with E-state index in [1.807, 2.05) is 0 Å². The van der Waals surface area contributed by atoms with Crippen molar-refractivity contribution in [1.29, 1.82) is 0 Å². The second kappa shape index (κ2) is 5.97. The molecule has 1 aromatic heterocycles. The minimum absolute atomic E-state index is 0.0799. The van der Waals surface area contributed by atoms with Gasteiger partial charge in [0.1, 0.15) is 5.56 Å². The minimum Gasteiger partial charge on any atom is -0.278 e. The molecule has 0 radical (unpaired) electrons. The van der Waals surface area contributed by atoms with E-state index in [0.29, 0.717) is 5.92 Å². The number of hydrogen-bond donors (Lipinski definition) is 0. The van der Waals surface area contributed by atoms with Crippen molar-refractivity contribution in [2.45, 2.75) is 25.3 Å². The first-order valence-corrected chi connectivity index (χ1v) is 9.88. The Hall–Kier alpha value is -2.58. The third-order valence-electron chi connectivity index (χ3n) is 5.68. The summed E-state index contributed by atoms with van der Waals surface area (Å²) in [6, 6.07) is 6.60. The molecule has 1 aliphatic carbocycles. The lowest BCUT2D eigenvalue weighted by Gasteiger charge is -2.37. The fraction of sp³-hybridized carbons (Fsp3) is 0.368. The Morgan fingerprint density at radius 3 is 2.74 bits per heavy atom. The molecule has 7 nitrogen and oxygen atoms in total. The van der Waals surface area contributed by atoms with Gasteiger partial charge in [-0.2, -0.15) is 0 Å². The average Bonchev–Trinajstić information content (AvgIpc) is 3.34. The Morgan fingerprint density at radius 2 is 2.00 bits per heavy atom. The summed E-state index contributed by atoms with van der Waals surface area (Å²) >= 11 is 1.77. The Labute approximate surface area is 159 Å². The highest BCUT2D eigenvalue weighted by atomic mass is 32.1. The molecule has 2 amide bonds. The Morgan fingerprint density at radius 1 is 1.19 bits per heavy atom. The summed E-state index contributed by atoms with van der Waals surface area (Å²) in [4.78, 5) is 41.1. The fourth-order valence-corrected chi connectivity index (χ4v) is 5.21. The molecule has 1 saturated carbocycles. The third-order valence-corrected chi connectivity index (χ3v) is 6.68. The van der Waals surface area contributed by atoms with Crippen LogP contribution in [0.4, 0.5) is 5.69 Å². The maximum Gasteiger partial charge on any atom is 0.282 e. The van der Waals surface area contributed by atoms with E-state index in [9.17, 15) is 19.7 Å². The van der Waals surface area contributed by atoms with Gasteiger partial charge in [-0.3, -0.25) is 29.5 Å². The first-order valence-electron chi connectivity index (χ1n) is 9.00. The molecule has 0 bridgehead atoms. The van der Waals surface area contributed by atoms with Crippen molar-refractivity contribution in [1.82, 2.24) is 9.80 Å². The van der Waals surface area contributed by atoms with E-state index in [0.717, 1.165) is 25.8 Å². The fourth-order valence-electron chi connectivity index (χ4n) is 4.30. The lowest BCUT2D eigenvalue weighted by Crippen LogP contribution is -2.45. The van der Waals surface area contributed by atoms with Crippen molar-refractivity contribution in [3.8, 4) is 0 Å². The SMILES string of the molecule is O=C1c2cccc([N+](=O)[O-])c2C(=O)N1CN1CCc2sccc2[C@@H]1C1CC1. The number of carbonyl (C=O) groups is 2. The topological polar surface area (TPSA) is 83.8 Å². The first-order chi connectivity index (χ1) is 13.1. The molecule has 138 valence electrons. The van der Waals surface area contributed by atoms with Crippen LogP contribution in [0.2, 0.25) is 0 Å². The number of carbonyl (C=O) groups excluding carboxylic acids is 2. The minimum atomic E-state index is -0.598. The van der Waals surface area contributed by atoms with Gasteiger partial charge >= 0.3 is 0 Å². The van der Waals surface area contributed by atoms with E-state index in [1.54, 1.807) is 11.3 Å². The molecular weight excluding hydrogens is 366 g/mol. The van der Waals surface area contributed by atoms with Gasteiger partial charge in [-0.1, -0.05) is 6.07 Å². The zero-order chi connectivity index (χ0) is 18.7. The summed E-state index contributed by atoms with van der Waals surface area (Å²) in [7, 11) is 0. The van der Waals surface area contributed by atoms with Crippen molar-refractivity contribution >= 4 is 28.8 Å². The molecule has 0 unspecified atom stereocenters. The number of thiophene rings is 1. The predicted molar refractivity (Wildman–Crippen MR) is 98.7 cm³/mol. The molecule has 0 N–H and O–H groups in total. The Kier molecular flexibility index (Phi) is 3.66. The quantitative estimate of drug-likeness (QED) is 0.460. The Balaban J connectivity index is 1.46. The normalized spacial score (nSPS) is 22.1. The molecule has 2 aromatic rings. The number of nitrogens with zero attached hydrogens (tertiary/aromatic N) is 3. The summed E-state index contributed by atoms with van der Waals surface area (Å²) in [5, 5.41) is 13.4. The lowest BCUT2D eigenvalue weighted by molar-refractivity contribution is -0.385. The smallest absolute Gasteiger partial charge is 0.278 e. The molecule has 5 rings (SSSR count). The van der Waals surface area contributed by atoms with Crippen molar-refractivity contribution in [2.75, 3.05) is 13.2 Å². The summed E-state index contributed by atoms with van der Waals surface area (Å²) < 4.78 is 0. The van der Waals surface area contributed by atoms with Crippen molar-refractivity contribution in [2.24, 2.45) is 5.92 Å². The van der Waals surface area contributed by atoms with Crippen molar-refractivity contribution in [3.63, 3.8) is 0 Å². The maximum absolute atomic E-state index is 12.9. The highest BCUT2D eigenvalue weighted by Gasteiger charge is 2.45. The van der Waals surface area contributed by atoms with E-state index < -0.39 is 16.7 Å². The zero-order valence-electron chi connectivity index (χ0n) is 14.5. The van der Waals surface area contributed by atoms with Gasteiger partial charge in [0.05, 0.1) is 17.2 Å². The van der Waals surface area contributed by atoms with E-state index in [2.05, 4.69) is 16.3 Å². The lowest BCUT2D eigenvalue weighted by atomic mass is 9.96. The molecule has 1 fully saturated rings. The van der Waals surface area contributed by atoms with Crippen LogP contribution < -0.4 is 0 Å². The number of hydrogen-bond acceptors (Lipinski definition) is 6. The molecule has 8 heteroatoms. The molecule has 3 heterocycles. The maximum atomic E-state index is 12.9. The summed E-state index contributed by atoms with van der Waals surface area (Å²) in [6.45, 7) is 0.962. The van der Waals surface area contributed by atoms with E-state index >= 15 is 0 Å². The highest BCUT2D eigenvalue weighted by molar-refractivity contribution is 7.10. The van der Waals surface area contributed by atoms with Crippen molar-refractivity contribution < 1.29 is 14.5 Å². The summed E-state index contributed by atoms with van der Waals surface area (Å²) in [6.07, 6.45) is 3.22. The third kappa shape index (κ3) is 2.51. The van der Waals surface area contributed by atoms with Gasteiger partial charge in [-0.05, 0) is 48.3 Å².